The third kappa shape index (κ3) is 2.25. The molecule has 2 rings (SSSR count). The summed E-state index contributed by atoms with van der Waals surface area (Å²) in [5.41, 5.74) is 1.21. The van der Waals surface area contributed by atoms with Gasteiger partial charge in [-0.2, -0.15) is 0 Å². The molecular formula is C13H18O2. The highest BCUT2D eigenvalue weighted by Gasteiger charge is 2.20. The van der Waals surface area contributed by atoms with Crippen LogP contribution in [0.3, 0.4) is 0 Å². The van der Waals surface area contributed by atoms with Gasteiger partial charge in [0.15, 0.2) is 11.5 Å². The summed E-state index contributed by atoms with van der Waals surface area (Å²) in [5.74, 6) is 2.85. The normalized spacial score (nSPS) is 20.1. The molecule has 0 aliphatic carbocycles. The fourth-order valence-corrected chi connectivity index (χ4v) is 1.67. The fourth-order valence-electron chi connectivity index (χ4n) is 1.67. The molecule has 0 bridgehead atoms. The van der Waals surface area contributed by atoms with Gasteiger partial charge >= 0.3 is 0 Å². The van der Waals surface area contributed by atoms with Crippen LogP contribution in [0.25, 0.3) is 0 Å². The summed E-state index contributed by atoms with van der Waals surface area (Å²) in [5, 5.41) is 0. The lowest BCUT2D eigenvalue weighted by Gasteiger charge is -2.16. The van der Waals surface area contributed by atoms with E-state index >= 15 is 0 Å². The van der Waals surface area contributed by atoms with Gasteiger partial charge in [0.25, 0.3) is 0 Å². The van der Waals surface area contributed by atoms with Gasteiger partial charge in [-0.15, -0.1) is 0 Å². The molecule has 0 N–H and O–H groups in total. The highest BCUT2D eigenvalue weighted by Crippen LogP contribution is 2.32. The zero-order chi connectivity index (χ0) is 10.8. The molecule has 1 atom stereocenters. The van der Waals surface area contributed by atoms with Gasteiger partial charge in [-0.25, -0.2) is 0 Å². The Hall–Kier alpha value is -1.18. The van der Waals surface area contributed by atoms with Crippen molar-refractivity contribution in [2.45, 2.75) is 20.8 Å². The molecule has 1 heterocycles. The minimum absolute atomic E-state index is 0.484. The van der Waals surface area contributed by atoms with Crippen LogP contribution in [0.2, 0.25) is 0 Å². The van der Waals surface area contributed by atoms with E-state index in [1.54, 1.807) is 0 Å². The average molecular weight is 206 g/mol. The second-order valence-corrected chi connectivity index (χ2v) is 4.58. The number of rotatable bonds is 1. The van der Waals surface area contributed by atoms with E-state index in [1.165, 1.54) is 5.56 Å². The molecule has 2 heteroatoms. The van der Waals surface area contributed by atoms with Gasteiger partial charge in [-0.1, -0.05) is 19.9 Å². The molecule has 82 valence electrons. The van der Waals surface area contributed by atoms with Crippen molar-refractivity contribution in [3.63, 3.8) is 0 Å². The van der Waals surface area contributed by atoms with Crippen LogP contribution in [0.5, 0.6) is 11.5 Å². The number of hydrogen-bond acceptors (Lipinski definition) is 2. The quantitative estimate of drug-likeness (QED) is 0.703. The molecule has 1 aromatic rings. The highest BCUT2D eigenvalue weighted by molar-refractivity contribution is 5.43. The summed E-state index contributed by atoms with van der Waals surface area (Å²) in [6.07, 6.45) is 0. The predicted molar refractivity (Wildman–Crippen MR) is 60.5 cm³/mol. The SMILES string of the molecule is Cc1ccc2c(c1)OCC(C(C)C)CO2. The second-order valence-electron chi connectivity index (χ2n) is 4.58. The van der Waals surface area contributed by atoms with Crippen molar-refractivity contribution in [3.05, 3.63) is 23.8 Å². The molecule has 0 amide bonds. The molecule has 2 nitrogen and oxygen atoms in total. The first-order chi connectivity index (χ1) is 7.16. The number of benzene rings is 1. The Bertz CT molecular complexity index is 344. The largest absolute Gasteiger partial charge is 0.489 e. The molecule has 1 aliphatic heterocycles. The van der Waals surface area contributed by atoms with E-state index in [9.17, 15) is 0 Å². The second kappa shape index (κ2) is 4.13. The van der Waals surface area contributed by atoms with Crippen LogP contribution in [-0.2, 0) is 0 Å². The summed E-state index contributed by atoms with van der Waals surface area (Å²) >= 11 is 0. The van der Waals surface area contributed by atoms with Gasteiger partial charge in [-0.05, 0) is 30.5 Å². The molecule has 0 fully saturated rings. The molecule has 15 heavy (non-hydrogen) atoms. The highest BCUT2D eigenvalue weighted by atomic mass is 16.5. The van der Waals surface area contributed by atoms with Crippen molar-refractivity contribution in [1.82, 2.24) is 0 Å². The van der Waals surface area contributed by atoms with Crippen LogP contribution in [0, 0.1) is 18.8 Å². The number of fused-ring (bicyclic) bond motifs is 1. The summed E-state index contributed by atoms with van der Waals surface area (Å²) in [6.45, 7) is 7.99. The third-order valence-corrected chi connectivity index (χ3v) is 2.95. The maximum absolute atomic E-state index is 5.78. The van der Waals surface area contributed by atoms with E-state index in [-0.39, 0.29) is 0 Å². The van der Waals surface area contributed by atoms with Gasteiger partial charge in [0.2, 0.25) is 0 Å². The van der Waals surface area contributed by atoms with Gasteiger partial charge in [0, 0.05) is 5.92 Å². The maximum Gasteiger partial charge on any atom is 0.161 e. The maximum atomic E-state index is 5.78. The zero-order valence-corrected chi connectivity index (χ0v) is 9.62. The Morgan fingerprint density at radius 1 is 1.13 bits per heavy atom. The van der Waals surface area contributed by atoms with Crippen molar-refractivity contribution in [3.8, 4) is 11.5 Å². The monoisotopic (exact) mass is 206 g/mol. The van der Waals surface area contributed by atoms with E-state index in [0.29, 0.717) is 11.8 Å². The molecule has 0 spiro atoms. The molecule has 0 radical (unpaired) electrons. The molecular weight excluding hydrogens is 188 g/mol. The van der Waals surface area contributed by atoms with Crippen molar-refractivity contribution in [1.29, 1.82) is 0 Å². The first kappa shape index (κ1) is 10.3. The predicted octanol–water partition coefficient (Wildman–Crippen LogP) is 3.04. The lowest BCUT2D eigenvalue weighted by molar-refractivity contribution is 0.173. The number of hydrogen-bond donors (Lipinski definition) is 0. The Morgan fingerprint density at radius 2 is 1.80 bits per heavy atom. The fraction of sp³-hybridized carbons (Fsp3) is 0.538. The van der Waals surface area contributed by atoms with Crippen molar-refractivity contribution in [2.75, 3.05) is 13.2 Å². The van der Waals surface area contributed by atoms with Crippen LogP contribution in [0.4, 0.5) is 0 Å². The van der Waals surface area contributed by atoms with E-state index in [0.717, 1.165) is 24.7 Å². The van der Waals surface area contributed by atoms with Crippen LogP contribution >= 0.6 is 0 Å². The lowest BCUT2D eigenvalue weighted by atomic mass is 9.98. The van der Waals surface area contributed by atoms with Gasteiger partial charge in [0.1, 0.15) is 0 Å². The molecule has 1 aromatic carbocycles. The standard InChI is InChI=1S/C13H18O2/c1-9(2)11-7-14-12-5-4-10(3)6-13(12)15-8-11/h4-6,9,11H,7-8H2,1-3H3. The van der Waals surface area contributed by atoms with E-state index < -0.39 is 0 Å². The van der Waals surface area contributed by atoms with E-state index in [1.807, 2.05) is 12.1 Å². The molecule has 0 saturated carbocycles. The Kier molecular flexibility index (Phi) is 2.85. The number of aryl methyl sites for hydroxylation is 1. The molecule has 0 saturated heterocycles. The minimum Gasteiger partial charge on any atom is -0.489 e. The van der Waals surface area contributed by atoms with Crippen molar-refractivity contribution >= 4 is 0 Å². The summed E-state index contributed by atoms with van der Waals surface area (Å²) in [6, 6.07) is 6.09. The summed E-state index contributed by atoms with van der Waals surface area (Å²) in [4.78, 5) is 0. The topological polar surface area (TPSA) is 18.5 Å². The lowest BCUT2D eigenvalue weighted by Crippen LogP contribution is -2.22. The van der Waals surface area contributed by atoms with Crippen LogP contribution in [0.15, 0.2) is 18.2 Å². The van der Waals surface area contributed by atoms with Crippen molar-refractivity contribution < 1.29 is 9.47 Å². The van der Waals surface area contributed by atoms with Gasteiger partial charge in [0.05, 0.1) is 13.2 Å². The summed E-state index contributed by atoms with van der Waals surface area (Å²) < 4.78 is 11.5. The average Bonchev–Trinajstić information content (AvgIpc) is 2.39. The number of ether oxygens (including phenoxy) is 2. The van der Waals surface area contributed by atoms with Crippen LogP contribution in [-0.4, -0.2) is 13.2 Å². The van der Waals surface area contributed by atoms with Crippen LogP contribution < -0.4 is 9.47 Å². The smallest absolute Gasteiger partial charge is 0.161 e. The molecule has 0 aromatic heterocycles. The zero-order valence-electron chi connectivity index (χ0n) is 9.62. The minimum atomic E-state index is 0.484. The Labute approximate surface area is 91.2 Å². The Morgan fingerprint density at radius 3 is 2.47 bits per heavy atom. The molecule has 1 aliphatic rings. The van der Waals surface area contributed by atoms with Gasteiger partial charge < -0.3 is 9.47 Å². The first-order valence-corrected chi connectivity index (χ1v) is 5.53. The Balaban J connectivity index is 2.18. The van der Waals surface area contributed by atoms with E-state index in [2.05, 4.69) is 26.8 Å². The first-order valence-electron chi connectivity index (χ1n) is 5.53. The van der Waals surface area contributed by atoms with Gasteiger partial charge in [-0.3, -0.25) is 0 Å². The summed E-state index contributed by atoms with van der Waals surface area (Å²) in [7, 11) is 0. The van der Waals surface area contributed by atoms with E-state index in [4.69, 9.17) is 9.47 Å². The molecule has 1 unspecified atom stereocenters. The van der Waals surface area contributed by atoms with Crippen molar-refractivity contribution in [2.24, 2.45) is 11.8 Å². The third-order valence-electron chi connectivity index (χ3n) is 2.95. The van der Waals surface area contributed by atoms with Crippen LogP contribution in [0.1, 0.15) is 19.4 Å².